The van der Waals surface area contributed by atoms with Gasteiger partial charge in [-0.15, -0.1) is 0 Å². The number of nitrogens with one attached hydrogen (secondary N) is 4. The van der Waals surface area contributed by atoms with Crippen LogP contribution in [0.4, 0.5) is 5.69 Å². The van der Waals surface area contributed by atoms with E-state index in [0.717, 1.165) is 30.0 Å². The average Bonchev–Trinajstić information content (AvgIpc) is 3.19. The first-order valence-electron chi connectivity index (χ1n) is 10.5. The molecule has 1 aromatic heterocycles. The molecule has 8 heteroatoms. The molecule has 0 radical (unpaired) electrons. The van der Waals surface area contributed by atoms with Gasteiger partial charge in [0.1, 0.15) is 0 Å². The van der Waals surface area contributed by atoms with Crippen molar-refractivity contribution in [3.63, 3.8) is 0 Å². The number of carbonyl (C=O) groups is 2. The van der Waals surface area contributed by atoms with Crippen LogP contribution in [-0.4, -0.2) is 58.6 Å². The van der Waals surface area contributed by atoms with Crippen LogP contribution in [0.1, 0.15) is 36.3 Å². The predicted octanol–water partition coefficient (Wildman–Crippen LogP) is 1.51. The third kappa shape index (κ3) is 3.85. The molecule has 0 spiro atoms. The Hall–Kier alpha value is -2.71. The number of carbonyl (C=O) groups excluding carboxylic acids is 2. The molecule has 2 aliphatic heterocycles. The number of H-pyrrole nitrogens is 1. The molecule has 3 heterocycles. The van der Waals surface area contributed by atoms with Gasteiger partial charge in [0.25, 0.3) is 0 Å². The normalized spacial score (nSPS) is 26.2. The van der Waals surface area contributed by atoms with Crippen molar-refractivity contribution in [3.8, 4) is 0 Å². The fourth-order valence-corrected chi connectivity index (χ4v) is 5.20. The summed E-state index contributed by atoms with van der Waals surface area (Å²) in [6.07, 6.45) is 0.942. The van der Waals surface area contributed by atoms with Gasteiger partial charge in [-0.25, -0.2) is 0 Å². The largest absolute Gasteiger partial charge is 0.348 e. The lowest BCUT2D eigenvalue weighted by Gasteiger charge is -2.41. The Morgan fingerprint density at radius 1 is 1.27 bits per heavy atom. The van der Waals surface area contributed by atoms with E-state index in [9.17, 15) is 9.59 Å². The van der Waals surface area contributed by atoms with Crippen LogP contribution >= 0.6 is 0 Å². The minimum Gasteiger partial charge on any atom is -0.348 e. The van der Waals surface area contributed by atoms with Crippen molar-refractivity contribution in [2.45, 2.75) is 38.8 Å². The van der Waals surface area contributed by atoms with E-state index in [1.807, 2.05) is 32.0 Å². The number of hydrogen-bond donors (Lipinski definition) is 4. The highest BCUT2D eigenvalue weighted by atomic mass is 16.2. The van der Waals surface area contributed by atoms with Gasteiger partial charge in [0.15, 0.2) is 0 Å². The Morgan fingerprint density at radius 3 is 2.70 bits per heavy atom. The maximum Gasteiger partial charge on any atom is 0.238 e. The molecule has 4 rings (SSSR count). The molecule has 0 aliphatic carbocycles. The van der Waals surface area contributed by atoms with E-state index in [2.05, 4.69) is 43.2 Å². The second kappa shape index (κ2) is 8.20. The number of piperidine rings is 1. The molecule has 160 valence electrons. The van der Waals surface area contributed by atoms with Gasteiger partial charge in [-0.1, -0.05) is 30.3 Å². The molecule has 0 saturated carbocycles. The molecule has 2 amide bonds. The maximum absolute atomic E-state index is 13.0. The molecule has 0 unspecified atom stereocenters. The smallest absolute Gasteiger partial charge is 0.238 e. The highest BCUT2D eigenvalue weighted by Gasteiger charge is 2.54. The predicted molar refractivity (Wildman–Crippen MR) is 115 cm³/mol. The SMILES string of the molecule is CC(=O)N[C@@]12CNCC[C@@H]1[C@@H](c1ccccc1)N(CC(=O)Nc1c(C)n[nH]c1C)C2. The monoisotopic (exact) mass is 410 g/mol. The van der Waals surface area contributed by atoms with Crippen molar-refractivity contribution < 1.29 is 9.59 Å². The van der Waals surface area contributed by atoms with Gasteiger partial charge in [-0.3, -0.25) is 19.6 Å². The van der Waals surface area contributed by atoms with Gasteiger partial charge in [0.2, 0.25) is 11.8 Å². The Labute approximate surface area is 176 Å². The Balaban J connectivity index is 1.62. The molecular formula is C22H30N6O2. The fourth-order valence-electron chi connectivity index (χ4n) is 5.20. The molecule has 2 aliphatic rings. The fraction of sp³-hybridized carbons (Fsp3) is 0.500. The highest BCUT2D eigenvalue weighted by Crippen LogP contribution is 2.46. The van der Waals surface area contributed by atoms with Crippen LogP contribution in [-0.2, 0) is 9.59 Å². The number of amides is 2. The second-order valence-corrected chi connectivity index (χ2v) is 8.53. The van der Waals surface area contributed by atoms with Crippen LogP contribution in [0.2, 0.25) is 0 Å². The number of nitrogens with zero attached hydrogens (tertiary/aromatic N) is 2. The van der Waals surface area contributed by atoms with Crippen LogP contribution in [0.5, 0.6) is 0 Å². The molecule has 4 N–H and O–H groups in total. The minimum atomic E-state index is -0.383. The summed E-state index contributed by atoms with van der Waals surface area (Å²) in [7, 11) is 0. The standard InChI is InChI=1S/C22H30N6O2/c1-14-20(15(2)27-26-14)24-19(30)11-28-13-22(25-16(3)29)12-23-10-9-18(22)21(28)17-7-5-4-6-8-17/h4-8,18,21,23H,9-13H2,1-3H3,(H,24,30)(H,25,29)(H,26,27)/t18-,21-,22-/m1/s1. The van der Waals surface area contributed by atoms with Crippen LogP contribution < -0.4 is 16.0 Å². The summed E-state index contributed by atoms with van der Waals surface area (Å²) in [6, 6.07) is 10.4. The minimum absolute atomic E-state index is 0.0357. The van der Waals surface area contributed by atoms with Gasteiger partial charge in [-0.05, 0) is 32.4 Å². The van der Waals surface area contributed by atoms with Gasteiger partial charge >= 0.3 is 0 Å². The average molecular weight is 411 g/mol. The molecule has 2 fully saturated rings. The summed E-state index contributed by atoms with van der Waals surface area (Å²) < 4.78 is 0. The third-order valence-electron chi connectivity index (χ3n) is 6.35. The first kappa shape index (κ1) is 20.6. The van der Waals surface area contributed by atoms with Crippen LogP contribution in [0.3, 0.4) is 0 Å². The Kier molecular flexibility index (Phi) is 5.62. The zero-order valence-corrected chi connectivity index (χ0v) is 17.8. The molecule has 2 aromatic rings. The zero-order chi connectivity index (χ0) is 21.3. The number of aromatic nitrogens is 2. The Morgan fingerprint density at radius 2 is 2.03 bits per heavy atom. The van der Waals surface area contributed by atoms with Gasteiger partial charge < -0.3 is 16.0 Å². The van der Waals surface area contributed by atoms with E-state index in [1.54, 1.807) is 6.92 Å². The summed E-state index contributed by atoms with van der Waals surface area (Å²) in [5, 5.41) is 16.8. The summed E-state index contributed by atoms with van der Waals surface area (Å²) in [6.45, 7) is 7.82. The van der Waals surface area contributed by atoms with E-state index in [1.165, 1.54) is 5.56 Å². The molecule has 30 heavy (non-hydrogen) atoms. The second-order valence-electron chi connectivity index (χ2n) is 8.53. The van der Waals surface area contributed by atoms with Crippen LogP contribution in [0.15, 0.2) is 30.3 Å². The van der Waals surface area contributed by atoms with Gasteiger partial charge in [0, 0.05) is 32.0 Å². The summed E-state index contributed by atoms with van der Waals surface area (Å²) in [5.41, 5.74) is 3.15. The first-order chi connectivity index (χ1) is 14.4. The number of rotatable bonds is 5. The number of likely N-dealkylation sites (tertiary alicyclic amines) is 1. The van der Waals surface area contributed by atoms with Crippen molar-refractivity contribution in [2.24, 2.45) is 5.92 Å². The third-order valence-corrected chi connectivity index (χ3v) is 6.35. The van der Waals surface area contributed by atoms with Gasteiger partial charge in [0.05, 0.1) is 29.2 Å². The lowest BCUT2D eigenvalue weighted by Crippen LogP contribution is -2.62. The molecule has 1 aromatic carbocycles. The molecule has 2 saturated heterocycles. The van der Waals surface area contributed by atoms with Crippen molar-refractivity contribution >= 4 is 17.5 Å². The van der Waals surface area contributed by atoms with E-state index < -0.39 is 0 Å². The van der Waals surface area contributed by atoms with Crippen molar-refractivity contribution in [1.29, 1.82) is 0 Å². The number of hydrogen-bond acceptors (Lipinski definition) is 5. The zero-order valence-electron chi connectivity index (χ0n) is 17.8. The topological polar surface area (TPSA) is 102 Å². The summed E-state index contributed by atoms with van der Waals surface area (Å²) in [4.78, 5) is 27.3. The van der Waals surface area contributed by atoms with E-state index in [0.29, 0.717) is 13.1 Å². The summed E-state index contributed by atoms with van der Waals surface area (Å²) in [5.74, 6) is 0.120. The van der Waals surface area contributed by atoms with Crippen molar-refractivity contribution in [1.82, 2.24) is 25.7 Å². The quantitative estimate of drug-likeness (QED) is 0.598. The number of anilines is 1. The summed E-state index contributed by atoms with van der Waals surface area (Å²) >= 11 is 0. The molecule has 3 atom stereocenters. The molecule has 0 bridgehead atoms. The van der Waals surface area contributed by atoms with E-state index in [-0.39, 0.29) is 35.9 Å². The van der Waals surface area contributed by atoms with Crippen molar-refractivity contribution in [3.05, 3.63) is 47.3 Å². The van der Waals surface area contributed by atoms with Crippen molar-refractivity contribution in [2.75, 3.05) is 31.5 Å². The Bertz CT molecular complexity index is 907. The molecular weight excluding hydrogens is 380 g/mol. The lowest BCUT2D eigenvalue weighted by atomic mass is 9.76. The molecule has 8 nitrogen and oxygen atoms in total. The van der Waals surface area contributed by atoms with E-state index in [4.69, 9.17) is 0 Å². The first-order valence-corrected chi connectivity index (χ1v) is 10.5. The number of benzene rings is 1. The van der Waals surface area contributed by atoms with Gasteiger partial charge in [-0.2, -0.15) is 5.10 Å². The van der Waals surface area contributed by atoms with Crippen LogP contribution in [0.25, 0.3) is 0 Å². The number of aryl methyl sites for hydroxylation is 2. The maximum atomic E-state index is 13.0. The number of aromatic amines is 1. The van der Waals surface area contributed by atoms with E-state index >= 15 is 0 Å². The highest BCUT2D eigenvalue weighted by molar-refractivity contribution is 5.93. The van der Waals surface area contributed by atoms with Crippen LogP contribution in [0, 0.1) is 19.8 Å². The lowest BCUT2D eigenvalue weighted by molar-refractivity contribution is -0.121. The number of fused-ring (bicyclic) bond motifs is 1.